The molecule has 7 nitrogen and oxygen atoms in total. The molecule has 24 heavy (non-hydrogen) atoms. The lowest BCUT2D eigenvalue weighted by molar-refractivity contribution is 0.424. The third kappa shape index (κ3) is 2.96. The summed E-state index contributed by atoms with van der Waals surface area (Å²) in [5, 5.41) is 3.74. The number of halogens is 1. The summed E-state index contributed by atoms with van der Waals surface area (Å²) in [6, 6.07) is 6.99. The Labute approximate surface area is 147 Å². The number of hydrogen-bond donors (Lipinski definition) is 2. The van der Waals surface area contributed by atoms with E-state index in [9.17, 15) is 8.42 Å². The Hall–Kier alpha value is -2.13. The summed E-state index contributed by atoms with van der Waals surface area (Å²) >= 11 is 3.34. The van der Waals surface area contributed by atoms with Crippen LogP contribution in [-0.2, 0) is 10.0 Å². The summed E-state index contributed by atoms with van der Waals surface area (Å²) in [5.74, 6) is 0.604. The van der Waals surface area contributed by atoms with Crippen molar-refractivity contribution in [1.82, 2.24) is 15.1 Å². The van der Waals surface area contributed by atoms with Gasteiger partial charge in [0.1, 0.15) is 4.90 Å². The Morgan fingerprint density at radius 1 is 1.17 bits per heavy atom. The van der Waals surface area contributed by atoms with Gasteiger partial charge >= 0.3 is 0 Å². The predicted octanol–water partition coefficient (Wildman–Crippen LogP) is 3.55. The van der Waals surface area contributed by atoms with E-state index in [1.807, 2.05) is 0 Å². The lowest BCUT2D eigenvalue weighted by Gasteiger charge is -2.10. The largest absolute Gasteiger partial charge is 0.361 e. The van der Waals surface area contributed by atoms with Gasteiger partial charge in [0.15, 0.2) is 5.82 Å². The number of rotatable bonds is 4. The minimum atomic E-state index is -3.85. The molecule has 0 saturated carbocycles. The van der Waals surface area contributed by atoms with Crippen LogP contribution in [0.25, 0.3) is 11.5 Å². The number of nitrogens with zero attached hydrogens (tertiary/aromatic N) is 2. The first-order chi connectivity index (χ1) is 11.3. The minimum absolute atomic E-state index is 0.0967. The highest BCUT2D eigenvalue weighted by Crippen LogP contribution is 2.34. The number of sulfonamides is 1. The van der Waals surface area contributed by atoms with Gasteiger partial charge in [0, 0.05) is 15.9 Å². The van der Waals surface area contributed by atoms with Crippen molar-refractivity contribution in [2.24, 2.45) is 0 Å². The van der Waals surface area contributed by atoms with Crippen molar-refractivity contribution in [2.45, 2.75) is 25.7 Å². The number of benzene rings is 1. The monoisotopic (exact) mass is 410 g/mol. The van der Waals surface area contributed by atoms with E-state index in [0.717, 1.165) is 0 Å². The van der Waals surface area contributed by atoms with Gasteiger partial charge in [-0.3, -0.25) is 4.72 Å². The van der Waals surface area contributed by atoms with Crippen molar-refractivity contribution in [3.63, 3.8) is 0 Å². The van der Waals surface area contributed by atoms with E-state index in [0.29, 0.717) is 32.9 Å². The zero-order chi connectivity index (χ0) is 17.5. The van der Waals surface area contributed by atoms with Gasteiger partial charge in [-0.2, -0.15) is 4.98 Å². The fourth-order valence-electron chi connectivity index (χ4n) is 2.49. The fourth-order valence-corrected chi connectivity index (χ4v) is 4.54. The highest BCUT2D eigenvalue weighted by molar-refractivity contribution is 9.10. The molecule has 2 aromatic heterocycles. The topological polar surface area (TPSA) is 101 Å². The van der Waals surface area contributed by atoms with Crippen molar-refractivity contribution in [3.05, 3.63) is 46.0 Å². The van der Waals surface area contributed by atoms with Crippen molar-refractivity contribution in [3.8, 4) is 11.5 Å². The van der Waals surface area contributed by atoms with Crippen LogP contribution in [0.15, 0.2) is 38.2 Å². The molecule has 0 bridgehead atoms. The molecule has 2 heterocycles. The quantitative estimate of drug-likeness (QED) is 0.684. The third-order valence-electron chi connectivity index (χ3n) is 3.45. The first-order valence-electron chi connectivity index (χ1n) is 7.07. The molecule has 0 aliphatic heterocycles. The maximum atomic E-state index is 12.9. The normalized spacial score (nSPS) is 11.7. The van der Waals surface area contributed by atoms with Crippen LogP contribution in [0.1, 0.15) is 17.2 Å². The van der Waals surface area contributed by atoms with Gasteiger partial charge < -0.3 is 9.51 Å². The van der Waals surface area contributed by atoms with Crippen LogP contribution in [0.2, 0.25) is 0 Å². The van der Waals surface area contributed by atoms with E-state index in [4.69, 9.17) is 4.52 Å². The zero-order valence-electron chi connectivity index (χ0n) is 13.2. The molecule has 0 aliphatic rings. The lowest BCUT2D eigenvalue weighted by Crippen LogP contribution is -2.14. The van der Waals surface area contributed by atoms with Gasteiger partial charge in [0.05, 0.1) is 11.3 Å². The van der Waals surface area contributed by atoms with Crippen LogP contribution < -0.4 is 4.72 Å². The van der Waals surface area contributed by atoms with E-state index >= 15 is 0 Å². The Kier molecular flexibility index (Phi) is 4.22. The van der Waals surface area contributed by atoms with Crippen LogP contribution in [0.5, 0.6) is 0 Å². The summed E-state index contributed by atoms with van der Waals surface area (Å²) < 4.78 is 34.3. The smallest absolute Gasteiger partial charge is 0.264 e. The molecule has 0 aliphatic carbocycles. The van der Waals surface area contributed by atoms with E-state index in [-0.39, 0.29) is 10.8 Å². The first kappa shape index (κ1) is 16.7. The van der Waals surface area contributed by atoms with Crippen LogP contribution in [0.3, 0.4) is 0 Å². The standard InChI is InChI=1S/C15H15BrN4O3S/c1-8-13(15-18-10(3)19-23-15)14(9(2)17-8)24(21,22)20-12-7-5-4-6-11(12)16/h4-7,17,20H,1-3H3. The third-order valence-corrected chi connectivity index (χ3v) is 5.67. The van der Waals surface area contributed by atoms with Crippen molar-refractivity contribution < 1.29 is 12.9 Å². The molecule has 0 unspecified atom stereocenters. The number of hydrogen-bond acceptors (Lipinski definition) is 5. The van der Waals surface area contributed by atoms with E-state index in [2.05, 4.69) is 35.8 Å². The second-order valence-electron chi connectivity index (χ2n) is 5.31. The average Bonchev–Trinajstić information content (AvgIpc) is 3.04. The highest BCUT2D eigenvalue weighted by atomic mass is 79.9. The molecule has 3 aromatic rings. The summed E-state index contributed by atoms with van der Waals surface area (Å²) in [7, 11) is -3.85. The van der Waals surface area contributed by atoms with Crippen molar-refractivity contribution >= 4 is 31.6 Å². The number of aromatic amines is 1. The molecule has 1 aromatic carbocycles. The lowest BCUT2D eigenvalue weighted by atomic mass is 10.2. The summed E-state index contributed by atoms with van der Waals surface area (Å²) in [6.45, 7) is 5.13. The van der Waals surface area contributed by atoms with Crippen LogP contribution >= 0.6 is 15.9 Å². The predicted molar refractivity (Wildman–Crippen MR) is 93.2 cm³/mol. The van der Waals surface area contributed by atoms with E-state index in [1.165, 1.54) is 0 Å². The molecule has 0 atom stereocenters. The summed E-state index contributed by atoms with van der Waals surface area (Å²) in [6.07, 6.45) is 0. The van der Waals surface area contributed by atoms with Gasteiger partial charge in [-0.1, -0.05) is 17.3 Å². The molecule has 9 heteroatoms. The second kappa shape index (κ2) is 6.06. The first-order valence-corrected chi connectivity index (χ1v) is 9.34. The summed E-state index contributed by atoms with van der Waals surface area (Å²) in [4.78, 5) is 7.28. The summed E-state index contributed by atoms with van der Waals surface area (Å²) in [5.41, 5.74) is 1.97. The number of para-hydroxylation sites is 1. The van der Waals surface area contributed by atoms with Crippen LogP contribution in [-0.4, -0.2) is 23.5 Å². The number of aromatic nitrogens is 3. The van der Waals surface area contributed by atoms with Crippen LogP contribution in [0.4, 0.5) is 5.69 Å². The Bertz CT molecular complexity index is 1010. The van der Waals surface area contributed by atoms with Crippen molar-refractivity contribution in [1.29, 1.82) is 0 Å². The number of H-pyrrole nitrogens is 1. The van der Waals surface area contributed by atoms with Gasteiger partial charge in [-0.25, -0.2) is 8.42 Å². The molecule has 126 valence electrons. The molecule has 0 fully saturated rings. The van der Waals surface area contributed by atoms with Crippen LogP contribution in [0, 0.1) is 20.8 Å². The molecular formula is C15H15BrN4O3S. The Balaban J connectivity index is 2.13. The second-order valence-corrected chi connectivity index (χ2v) is 7.78. The molecule has 0 saturated heterocycles. The SMILES string of the molecule is Cc1noc(-c2c(C)[nH]c(C)c2S(=O)(=O)Nc2ccccc2Br)n1. The maximum absolute atomic E-state index is 12.9. The van der Waals surface area contributed by atoms with E-state index in [1.54, 1.807) is 45.0 Å². The van der Waals surface area contributed by atoms with E-state index < -0.39 is 10.0 Å². The molecule has 0 spiro atoms. The minimum Gasteiger partial charge on any atom is -0.361 e. The number of anilines is 1. The van der Waals surface area contributed by atoms with Crippen molar-refractivity contribution in [2.75, 3.05) is 4.72 Å². The zero-order valence-corrected chi connectivity index (χ0v) is 15.6. The average molecular weight is 411 g/mol. The fraction of sp³-hybridized carbons (Fsp3) is 0.200. The number of aryl methyl sites for hydroxylation is 3. The Morgan fingerprint density at radius 2 is 1.88 bits per heavy atom. The molecule has 0 amide bonds. The van der Waals surface area contributed by atoms with Gasteiger partial charge in [-0.15, -0.1) is 0 Å². The number of nitrogens with one attached hydrogen (secondary N) is 2. The van der Waals surface area contributed by atoms with Gasteiger partial charge in [0.2, 0.25) is 0 Å². The molecular weight excluding hydrogens is 396 g/mol. The molecule has 3 rings (SSSR count). The molecule has 0 radical (unpaired) electrons. The van der Waals surface area contributed by atoms with Gasteiger partial charge in [0.25, 0.3) is 15.9 Å². The maximum Gasteiger partial charge on any atom is 0.264 e. The Morgan fingerprint density at radius 3 is 2.50 bits per heavy atom. The van der Waals surface area contributed by atoms with Gasteiger partial charge in [-0.05, 0) is 48.8 Å². The highest BCUT2D eigenvalue weighted by Gasteiger charge is 2.29. The molecule has 2 N–H and O–H groups in total.